The van der Waals surface area contributed by atoms with E-state index in [0.717, 1.165) is 17.8 Å². The predicted octanol–water partition coefficient (Wildman–Crippen LogP) is 1.44. The average Bonchev–Trinajstić information content (AvgIpc) is 2.73. The molecule has 0 aliphatic heterocycles. The second-order valence-electron chi connectivity index (χ2n) is 4.11. The Balaban J connectivity index is 2.21. The molecule has 96 valence electrons. The highest BCUT2D eigenvalue weighted by Gasteiger charge is 2.06. The van der Waals surface area contributed by atoms with Crippen molar-refractivity contribution >= 4 is 11.6 Å². The number of aryl methyl sites for hydroxylation is 3. The molecule has 0 atom stereocenters. The van der Waals surface area contributed by atoms with Crippen LogP contribution in [0, 0.1) is 0 Å². The smallest absolute Gasteiger partial charge is 0.254 e. The first-order chi connectivity index (χ1) is 8.60. The van der Waals surface area contributed by atoms with Crippen LogP contribution in [0.15, 0.2) is 23.3 Å². The van der Waals surface area contributed by atoms with Gasteiger partial charge in [-0.2, -0.15) is 5.10 Å². The zero-order valence-corrected chi connectivity index (χ0v) is 11.2. The standard InChI is InChI=1S/C12H15ClN4O/c1-3-11-15-10(13)6-12(18)17(11)5-4-9-7-14-16(2)8-9/h6-8H,3-5H2,1-2H3. The zero-order valence-electron chi connectivity index (χ0n) is 10.4. The number of nitrogens with zero attached hydrogens (tertiary/aromatic N) is 4. The average molecular weight is 267 g/mol. The van der Waals surface area contributed by atoms with E-state index >= 15 is 0 Å². The molecule has 0 saturated heterocycles. The monoisotopic (exact) mass is 266 g/mol. The van der Waals surface area contributed by atoms with Gasteiger partial charge in [0.25, 0.3) is 5.56 Å². The summed E-state index contributed by atoms with van der Waals surface area (Å²) in [6.45, 7) is 2.55. The van der Waals surface area contributed by atoms with Gasteiger partial charge in [-0.3, -0.25) is 14.0 Å². The number of hydrogen-bond donors (Lipinski definition) is 0. The minimum Gasteiger partial charge on any atom is -0.296 e. The maximum absolute atomic E-state index is 11.9. The van der Waals surface area contributed by atoms with Gasteiger partial charge in [0.05, 0.1) is 6.20 Å². The first kappa shape index (κ1) is 12.8. The largest absolute Gasteiger partial charge is 0.296 e. The fourth-order valence-electron chi connectivity index (χ4n) is 1.87. The molecule has 6 heteroatoms. The molecule has 0 saturated carbocycles. The maximum atomic E-state index is 11.9. The van der Waals surface area contributed by atoms with E-state index in [9.17, 15) is 4.79 Å². The molecule has 5 nitrogen and oxygen atoms in total. The Kier molecular flexibility index (Phi) is 3.81. The number of halogens is 1. The van der Waals surface area contributed by atoms with E-state index in [1.165, 1.54) is 6.07 Å². The number of hydrogen-bond acceptors (Lipinski definition) is 3. The molecular weight excluding hydrogens is 252 g/mol. The van der Waals surface area contributed by atoms with Crippen molar-refractivity contribution in [2.45, 2.75) is 26.3 Å². The summed E-state index contributed by atoms with van der Waals surface area (Å²) in [5.74, 6) is 0.719. The predicted molar refractivity (Wildman–Crippen MR) is 69.8 cm³/mol. The molecule has 0 aliphatic carbocycles. The third-order valence-corrected chi connectivity index (χ3v) is 2.95. The molecule has 0 spiro atoms. The molecule has 0 amide bonds. The van der Waals surface area contributed by atoms with E-state index in [0.29, 0.717) is 13.0 Å². The molecule has 0 bridgehead atoms. The summed E-state index contributed by atoms with van der Waals surface area (Å²) in [4.78, 5) is 16.0. The van der Waals surface area contributed by atoms with Gasteiger partial charge in [-0.15, -0.1) is 0 Å². The van der Waals surface area contributed by atoms with Crippen LogP contribution in [0.1, 0.15) is 18.3 Å². The first-order valence-corrected chi connectivity index (χ1v) is 6.21. The SMILES string of the molecule is CCc1nc(Cl)cc(=O)n1CCc1cnn(C)c1. The molecule has 0 radical (unpaired) electrons. The van der Waals surface area contributed by atoms with E-state index in [1.807, 2.05) is 20.2 Å². The normalized spacial score (nSPS) is 10.8. The summed E-state index contributed by atoms with van der Waals surface area (Å²) >= 11 is 5.78. The van der Waals surface area contributed by atoms with Gasteiger partial charge in [-0.25, -0.2) is 4.98 Å². The van der Waals surface area contributed by atoms with Crippen LogP contribution < -0.4 is 5.56 Å². The first-order valence-electron chi connectivity index (χ1n) is 5.84. The fourth-order valence-corrected chi connectivity index (χ4v) is 2.06. The molecular formula is C12H15ClN4O. The lowest BCUT2D eigenvalue weighted by atomic mass is 10.2. The van der Waals surface area contributed by atoms with Crippen molar-refractivity contribution in [1.29, 1.82) is 0 Å². The second kappa shape index (κ2) is 5.35. The fraction of sp³-hybridized carbons (Fsp3) is 0.417. The van der Waals surface area contributed by atoms with Crippen LogP contribution in [0.5, 0.6) is 0 Å². The van der Waals surface area contributed by atoms with Crippen molar-refractivity contribution in [3.8, 4) is 0 Å². The third-order valence-electron chi connectivity index (χ3n) is 2.75. The summed E-state index contributed by atoms with van der Waals surface area (Å²) in [6, 6.07) is 1.35. The van der Waals surface area contributed by atoms with E-state index < -0.39 is 0 Å². The van der Waals surface area contributed by atoms with Gasteiger partial charge in [-0.1, -0.05) is 18.5 Å². The van der Waals surface area contributed by atoms with Gasteiger partial charge in [-0.05, 0) is 12.0 Å². The van der Waals surface area contributed by atoms with Crippen LogP contribution in [-0.2, 0) is 26.4 Å². The zero-order chi connectivity index (χ0) is 13.1. The Morgan fingerprint density at radius 1 is 1.44 bits per heavy atom. The second-order valence-corrected chi connectivity index (χ2v) is 4.50. The Hall–Kier alpha value is -1.62. The van der Waals surface area contributed by atoms with E-state index in [-0.39, 0.29) is 10.7 Å². The van der Waals surface area contributed by atoms with Gasteiger partial charge in [0.1, 0.15) is 11.0 Å². The molecule has 18 heavy (non-hydrogen) atoms. The molecule has 0 aliphatic rings. The summed E-state index contributed by atoms with van der Waals surface area (Å²) in [5.41, 5.74) is 0.997. The molecule has 0 N–H and O–H groups in total. The van der Waals surface area contributed by atoms with E-state index in [4.69, 9.17) is 11.6 Å². The lowest BCUT2D eigenvalue weighted by Gasteiger charge is -2.09. The van der Waals surface area contributed by atoms with Gasteiger partial charge in [0.15, 0.2) is 0 Å². The Bertz CT molecular complexity index is 602. The van der Waals surface area contributed by atoms with Crippen LogP contribution in [0.4, 0.5) is 0 Å². The highest BCUT2D eigenvalue weighted by molar-refractivity contribution is 6.29. The van der Waals surface area contributed by atoms with Crippen molar-refractivity contribution < 1.29 is 0 Å². The molecule has 2 aromatic heterocycles. The molecule has 0 aromatic carbocycles. The van der Waals surface area contributed by atoms with Crippen LogP contribution in [0.2, 0.25) is 5.15 Å². The Labute approximate surface area is 110 Å². The quantitative estimate of drug-likeness (QED) is 0.787. The van der Waals surface area contributed by atoms with Crippen molar-refractivity contribution in [3.05, 3.63) is 45.4 Å². The highest BCUT2D eigenvalue weighted by atomic mass is 35.5. The highest BCUT2D eigenvalue weighted by Crippen LogP contribution is 2.05. The molecule has 2 heterocycles. The van der Waals surface area contributed by atoms with Crippen molar-refractivity contribution in [2.24, 2.45) is 7.05 Å². The summed E-state index contributed by atoms with van der Waals surface area (Å²) in [7, 11) is 1.87. The van der Waals surface area contributed by atoms with Gasteiger partial charge in [0, 0.05) is 32.3 Å². The molecule has 2 aromatic rings. The van der Waals surface area contributed by atoms with Crippen molar-refractivity contribution in [3.63, 3.8) is 0 Å². The Morgan fingerprint density at radius 3 is 2.83 bits per heavy atom. The third kappa shape index (κ3) is 2.79. The Morgan fingerprint density at radius 2 is 2.22 bits per heavy atom. The van der Waals surface area contributed by atoms with E-state index in [2.05, 4.69) is 10.1 Å². The van der Waals surface area contributed by atoms with Crippen LogP contribution >= 0.6 is 11.6 Å². The summed E-state index contributed by atoms with van der Waals surface area (Å²) in [6.07, 6.45) is 5.19. The lowest BCUT2D eigenvalue weighted by molar-refractivity contribution is 0.613. The van der Waals surface area contributed by atoms with Crippen molar-refractivity contribution in [2.75, 3.05) is 0 Å². The molecule has 0 fully saturated rings. The topological polar surface area (TPSA) is 52.7 Å². The van der Waals surface area contributed by atoms with Crippen LogP contribution in [0.3, 0.4) is 0 Å². The number of rotatable bonds is 4. The van der Waals surface area contributed by atoms with Crippen molar-refractivity contribution in [1.82, 2.24) is 19.3 Å². The van der Waals surface area contributed by atoms with Gasteiger partial charge < -0.3 is 0 Å². The minimum absolute atomic E-state index is 0.101. The van der Waals surface area contributed by atoms with Gasteiger partial charge >= 0.3 is 0 Å². The molecule has 2 rings (SSSR count). The minimum atomic E-state index is -0.101. The summed E-state index contributed by atoms with van der Waals surface area (Å²) in [5, 5.41) is 4.36. The number of aromatic nitrogens is 4. The molecule has 0 unspecified atom stereocenters. The maximum Gasteiger partial charge on any atom is 0.254 e. The van der Waals surface area contributed by atoms with E-state index in [1.54, 1.807) is 15.4 Å². The van der Waals surface area contributed by atoms with Gasteiger partial charge in [0.2, 0.25) is 0 Å². The summed E-state index contributed by atoms with van der Waals surface area (Å²) < 4.78 is 3.41. The van der Waals surface area contributed by atoms with Crippen LogP contribution in [-0.4, -0.2) is 19.3 Å². The van der Waals surface area contributed by atoms with Crippen LogP contribution in [0.25, 0.3) is 0 Å². The lowest BCUT2D eigenvalue weighted by Crippen LogP contribution is -2.25.